The van der Waals surface area contributed by atoms with Crippen LogP contribution in [0.15, 0.2) is 0 Å². The molecule has 0 aromatic heterocycles. The van der Waals surface area contributed by atoms with Crippen LogP contribution in [0.2, 0.25) is 0 Å². The highest BCUT2D eigenvalue weighted by molar-refractivity contribution is 5.11. The molecule has 2 fully saturated rings. The SMILES string of the molecule is CC1CC(C#N)(C2CCC2)C1. The lowest BCUT2D eigenvalue weighted by molar-refractivity contribution is 0.0156. The molecular formula is C10H15N. The van der Waals surface area contributed by atoms with Crippen LogP contribution in [0.4, 0.5) is 0 Å². The minimum absolute atomic E-state index is 0.137. The van der Waals surface area contributed by atoms with E-state index in [2.05, 4.69) is 13.0 Å². The van der Waals surface area contributed by atoms with Gasteiger partial charge in [-0.05, 0) is 37.5 Å². The molecule has 0 heterocycles. The van der Waals surface area contributed by atoms with Gasteiger partial charge >= 0.3 is 0 Å². The lowest BCUT2D eigenvalue weighted by Crippen LogP contribution is -2.43. The van der Waals surface area contributed by atoms with E-state index in [1.54, 1.807) is 0 Å². The molecule has 60 valence electrons. The van der Waals surface area contributed by atoms with Gasteiger partial charge in [0.25, 0.3) is 0 Å². The molecule has 0 aliphatic heterocycles. The van der Waals surface area contributed by atoms with Gasteiger partial charge in [0.1, 0.15) is 0 Å². The molecule has 0 spiro atoms. The quantitative estimate of drug-likeness (QED) is 0.562. The molecule has 0 saturated heterocycles. The highest BCUT2D eigenvalue weighted by atomic mass is 14.5. The van der Waals surface area contributed by atoms with Crippen molar-refractivity contribution in [3.8, 4) is 6.07 Å². The van der Waals surface area contributed by atoms with Gasteiger partial charge in [-0.3, -0.25) is 0 Å². The average molecular weight is 149 g/mol. The van der Waals surface area contributed by atoms with Crippen molar-refractivity contribution < 1.29 is 0 Å². The molecule has 0 aromatic rings. The zero-order chi connectivity index (χ0) is 7.90. The molecular weight excluding hydrogens is 134 g/mol. The van der Waals surface area contributed by atoms with Gasteiger partial charge in [-0.1, -0.05) is 13.3 Å². The van der Waals surface area contributed by atoms with Crippen molar-refractivity contribution in [1.82, 2.24) is 0 Å². The van der Waals surface area contributed by atoms with Gasteiger partial charge in [-0.15, -0.1) is 0 Å². The van der Waals surface area contributed by atoms with Crippen LogP contribution >= 0.6 is 0 Å². The Kier molecular flexibility index (Phi) is 1.45. The van der Waals surface area contributed by atoms with Crippen molar-refractivity contribution in [2.45, 2.75) is 39.0 Å². The van der Waals surface area contributed by atoms with E-state index in [4.69, 9.17) is 5.26 Å². The fraction of sp³-hybridized carbons (Fsp3) is 0.900. The molecule has 2 rings (SSSR count). The largest absolute Gasteiger partial charge is 0.198 e. The third-order valence-corrected chi connectivity index (χ3v) is 3.53. The second-order valence-corrected chi connectivity index (χ2v) is 4.41. The maximum absolute atomic E-state index is 9.04. The van der Waals surface area contributed by atoms with Crippen molar-refractivity contribution in [2.75, 3.05) is 0 Å². The molecule has 1 heteroatoms. The van der Waals surface area contributed by atoms with Gasteiger partial charge in [-0.25, -0.2) is 0 Å². The van der Waals surface area contributed by atoms with Gasteiger partial charge < -0.3 is 0 Å². The summed E-state index contributed by atoms with van der Waals surface area (Å²) in [6.07, 6.45) is 6.35. The monoisotopic (exact) mass is 149 g/mol. The first kappa shape index (κ1) is 7.16. The predicted octanol–water partition coefficient (Wildman–Crippen LogP) is 2.73. The Hall–Kier alpha value is -0.510. The lowest BCUT2D eigenvalue weighted by Gasteiger charge is -2.50. The zero-order valence-electron chi connectivity index (χ0n) is 7.14. The topological polar surface area (TPSA) is 23.8 Å². The van der Waals surface area contributed by atoms with E-state index in [-0.39, 0.29) is 5.41 Å². The van der Waals surface area contributed by atoms with Gasteiger partial charge in [0.05, 0.1) is 11.5 Å². The standard InChI is InChI=1S/C10H15N/c1-8-5-10(6-8,7-11)9-3-2-4-9/h8-9H,2-6H2,1H3. The van der Waals surface area contributed by atoms with E-state index in [1.165, 1.54) is 32.1 Å². The molecule has 0 atom stereocenters. The summed E-state index contributed by atoms with van der Waals surface area (Å²) in [6, 6.07) is 2.55. The Morgan fingerprint density at radius 1 is 1.36 bits per heavy atom. The fourth-order valence-electron chi connectivity index (χ4n) is 2.66. The van der Waals surface area contributed by atoms with E-state index in [0.717, 1.165) is 11.8 Å². The molecule has 2 aliphatic rings. The highest BCUT2D eigenvalue weighted by Crippen LogP contribution is 2.56. The normalized spacial score (nSPS) is 43.8. The van der Waals surface area contributed by atoms with E-state index >= 15 is 0 Å². The molecule has 1 nitrogen and oxygen atoms in total. The van der Waals surface area contributed by atoms with E-state index in [0.29, 0.717) is 0 Å². The third kappa shape index (κ3) is 0.888. The second-order valence-electron chi connectivity index (χ2n) is 4.41. The Labute approximate surface area is 68.4 Å². The number of nitrogens with zero attached hydrogens (tertiary/aromatic N) is 1. The van der Waals surface area contributed by atoms with E-state index < -0.39 is 0 Å². The highest BCUT2D eigenvalue weighted by Gasteiger charge is 2.49. The Morgan fingerprint density at radius 3 is 2.27 bits per heavy atom. The van der Waals surface area contributed by atoms with Crippen LogP contribution in [-0.2, 0) is 0 Å². The summed E-state index contributed by atoms with van der Waals surface area (Å²) >= 11 is 0. The maximum atomic E-state index is 9.04. The van der Waals surface area contributed by atoms with Crippen molar-refractivity contribution in [2.24, 2.45) is 17.3 Å². The van der Waals surface area contributed by atoms with Crippen LogP contribution < -0.4 is 0 Å². The Balaban J connectivity index is 2.02. The summed E-state index contributed by atoms with van der Waals surface area (Å²) in [7, 11) is 0. The van der Waals surface area contributed by atoms with Crippen LogP contribution in [0.3, 0.4) is 0 Å². The second kappa shape index (κ2) is 2.24. The third-order valence-electron chi connectivity index (χ3n) is 3.53. The minimum atomic E-state index is 0.137. The minimum Gasteiger partial charge on any atom is -0.198 e. The van der Waals surface area contributed by atoms with Crippen molar-refractivity contribution in [1.29, 1.82) is 5.26 Å². The first-order valence-electron chi connectivity index (χ1n) is 4.68. The molecule has 0 bridgehead atoms. The first-order valence-corrected chi connectivity index (χ1v) is 4.68. The van der Waals surface area contributed by atoms with Crippen LogP contribution in [-0.4, -0.2) is 0 Å². The molecule has 2 aliphatic carbocycles. The summed E-state index contributed by atoms with van der Waals surface area (Å²) in [6.45, 7) is 2.26. The van der Waals surface area contributed by atoms with Crippen molar-refractivity contribution >= 4 is 0 Å². The summed E-state index contributed by atoms with van der Waals surface area (Å²) in [4.78, 5) is 0. The van der Waals surface area contributed by atoms with E-state index in [1.807, 2.05) is 0 Å². The maximum Gasteiger partial charge on any atom is 0.0692 e. The first-order chi connectivity index (χ1) is 5.27. The summed E-state index contributed by atoms with van der Waals surface area (Å²) in [5.74, 6) is 1.58. The summed E-state index contributed by atoms with van der Waals surface area (Å²) in [5, 5.41) is 9.04. The molecule has 11 heavy (non-hydrogen) atoms. The van der Waals surface area contributed by atoms with Gasteiger partial charge in [0, 0.05) is 0 Å². The van der Waals surface area contributed by atoms with Crippen LogP contribution in [0.1, 0.15) is 39.0 Å². The van der Waals surface area contributed by atoms with Gasteiger partial charge in [0.2, 0.25) is 0 Å². The Morgan fingerprint density at radius 2 is 2.00 bits per heavy atom. The number of hydrogen-bond acceptors (Lipinski definition) is 1. The van der Waals surface area contributed by atoms with Crippen molar-refractivity contribution in [3.05, 3.63) is 0 Å². The molecule has 0 unspecified atom stereocenters. The fourth-order valence-corrected chi connectivity index (χ4v) is 2.66. The van der Waals surface area contributed by atoms with Gasteiger partial charge in [0.15, 0.2) is 0 Å². The summed E-state index contributed by atoms with van der Waals surface area (Å²) < 4.78 is 0. The zero-order valence-corrected chi connectivity index (χ0v) is 7.14. The number of hydrogen-bond donors (Lipinski definition) is 0. The average Bonchev–Trinajstić information content (AvgIpc) is 1.79. The Bertz CT molecular complexity index is 191. The molecule has 2 saturated carbocycles. The molecule has 0 radical (unpaired) electrons. The van der Waals surface area contributed by atoms with E-state index in [9.17, 15) is 0 Å². The van der Waals surface area contributed by atoms with Crippen LogP contribution in [0.25, 0.3) is 0 Å². The predicted molar refractivity (Wildman–Crippen MR) is 43.8 cm³/mol. The lowest BCUT2D eigenvalue weighted by atomic mass is 9.52. The smallest absolute Gasteiger partial charge is 0.0692 e. The molecule has 0 amide bonds. The van der Waals surface area contributed by atoms with Crippen molar-refractivity contribution in [3.63, 3.8) is 0 Å². The number of nitriles is 1. The summed E-state index contributed by atoms with van der Waals surface area (Å²) in [5.41, 5.74) is 0.137. The van der Waals surface area contributed by atoms with Gasteiger partial charge in [-0.2, -0.15) is 5.26 Å². The van der Waals surface area contributed by atoms with Crippen LogP contribution in [0.5, 0.6) is 0 Å². The number of rotatable bonds is 1. The molecule has 0 N–H and O–H groups in total. The molecule has 0 aromatic carbocycles. The van der Waals surface area contributed by atoms with Crippen LogP contribution in [0, 0.1) is 28.6 Å².